The molecule has 1 atom stereocenters. The third-order valence-corrected chi connectivity index (χ3v) is 3.08. The molecule has 128 valence electrons. The number of benzene rings is 1. The summed E-state index contributed by atoms with van der Waals surface area (Å²) in [5, 5.41) is 11.6. The van der Waals surface area contributed by atoms with Crippen molar-refractivity contribution in [1.82, 2.24) is 5.32 Å². The van der Waals surface area contributed by atoms with Crippen LogP contribution in [0, 0.1) is 5.82 Å². The van der Waals surface area contributed by atoms with Gasteiger partial charge in [-0.2, -0.15) is 0 Å². The minimum Gasteiger partial charge on any atom is -0.494 e. The van der Waals surface area contributed by atoms with E-state index in [2.05, 4.69) is 5.32 Å². The maximum Gasteiger partial charge on any atom is 0.305 e. The van der Waals surface area contributed by atoms with Gasteiger partial charge >= 0.3 is 5.97 Å². The van der Waals surface area contributed by atoms with Crippen LogP contribution in [0.2, 0.25) is 0 Å². The summed E-state index contributed by atoms with van der Waals surface area (Å²) in [6.45, 7) is 2.04. The van der Waals surface area contributed by atoms with Crippen LogP contribution in [0.15, 0.2) is 24.3 Å². The Hall–Kier alpha value is -2.15. The molecule has 1 amide bonds. The van der Waals surface area contributed by atoms with Crippen molar-refractivity contribution in [2.24, 2.45) is 0 Å². The second-order valence-corrected chi connectivity index (χ2v) is 5.52. The fraction of sp³-hybridized carbons (Fsp3) is 0.500. The number of carbonyl (C=O) groups excluding carboxylic acids is 1. The van der Waals surface area contributed by atoms with Crippen molar-refractivity contribution in [3.05, 3.63) is 30.1 Å². The molecule has 2 N–H and O–H groups in total. The van der Waals surface area contributed by atoms with Crippen molar-refractivity contribution in [3.63, 3.8) is 0 Å². The fourth-order valence-corrected chi connectivity index (χ4v) is 2.14. The summed E-state index contributed by atoms with van der Waals surface area (Å²) in [4.78, 5) is 22.8. The highest BCUT2D eigenvalue weighted by Crippen LogP contribution is 2.13. The maximum absolute atomic E-state index is 12.7. The van der Waals surface area contributed by atoms with E-state index in [1.54, 1.807) is 6.92 Å². The van der Waals surface area contributed by atoms with Crippen LogP contribution >= 0.6 is 0 Å². The fourth-order valence-electron chi connectivity index (χ4n) is 2.14. The summed E-state index contributed by atoms with van der Waals surface area (Å²) in [5.41, 5.74) is -0.949. The van der Waals surface area contributed by atoms with Crippen LogP contribution in [0.3, 0.4) is 0 Å². The lowest BCUT2D eigenvalue weighted by molar-refractivity contribution is -0.139. The number of carboxylic acids is 1. The number of hydrogen-bond donors (Lipinski definition) is 2. The molecule has 6 nitrogen and oxygen atoms in total. The van der Waals surface area contributed by atoms with E-state index >= 15 is 0 Å². The molecule has 0 aromatic heterocycles. The third-order valence-electron chi connectivity index (χ3n) is 3.08. The van der Waals surface area contributed by atoms with Gasteiger partial charge in [-0.3, -0.25) is 9.59 Å². The van der Waals surface area contributed by atoms with Crippen LogP contribution in [0.25, 0.3) is 0 Å². The smallest absolute Gasteiger partial charge is 0.305 e. The second kappa shape index (κ2) is 9.09. The number of halogens is 1. The van der Waals surface area contributed by atoms with Gasteiger partial charge in [0, 0.05) is 13.5 Å². The summed E-state index contributed by atoms with van der Waals surface area (Å²) >= 11 is 0. The molecule has 1 aromatic carbocycles. The van der Waals surface area contributed by atoms with Gasteiger partial charge in [0.1, 0.15) is 11.6 Å². The predicted molar refractivity (Wildman–Crippen MR) is 81.8 cm³/mol. The molecular formula is C16H22FNO5. The normalized spacial score (nSPS) is 13.2. The standard InChI is InChI=1S/C16H22FNO5/c1-16(11-22-2,10-15(20)21)18-14(19)4-3-9-23-13-7-5-12(17)6-8-13/h5-8H,3-4,9-11H2,1-2H3,(H,18,19)(H,20,21)/t16-/m1/s1. The van der Waals surface area contributed by atoms with Gasteiger partial charge in [0.2, 0.25) is 5.91 Å². The van der Waals surface area contributed by atoms with Crippen LogP contribution in [-0.2, 0) is 14.3 Å². The number of amides is 1. The van der Waals surface area contributed by atoms with Crippen molar-refractivity contribution in [2.45, 2.75) is 31.7 Å². The van der Waals surface area contributed by atoms with Gasteiger partial charge < -0.3 is 19.9 Å². The lowest BCUT2D eigenvalue weighted by Crippen LogP contribution is -2.50. The first-order chi connectivity index (χ1) is 10.8. The highest BCUT2D eigenvalue weighted by molar-refractivity contribution is 5.78. The molecule has 7 heteroatoms. The van der Waals surface area contributed by atoms with Gasteiger partial charge in [0.05, 0.1) is 25.2 Å². The lowest BCUT2D eigenvalue weighted by atomic mass is 9.98. The minimum absolute atomic E-state index is 0.108. The molecule has 23 heavy (non-hydrogen) atoms. The summed E-state index contributed by atoms with van der Waals surface area (Å²) in [6, 6.07) is 5.62. The molecule has 0 aliphatic carbocycles. The lowest BCUT2D eigenvalue weighted by Gasteiger charge is -2.28. The molecule has 0 aliphatic rings. The quantitative estimate of drug-likeness (QED) is 0.642. The maximum atomic E-state index is 12.7. The number of carboxylic acid groups (broad SMARTS) is 1. The molecule has 0 bridgehead atoms. The largest absolute Gasteiger partial charge is 0.494 e. The minimum atomic E-state index is -1.01. The molecule has 0 unspecified atom stereocenters. The average Bonchev–Trinajstić information content (AvgIpc) is 2.44. The van der Waals surface area contributed by atoms with E-state index in [1.807, 2.05) is 0 Å². The monoisotopic (exact) mass is 327 g/mol. The third kappa shape index (κ3) is 7.60. The molecule has 1 aromatic rings. The first kappa shape index (κ1) is 18.9. The van der Waals surface area contributed by atoms with E-state index in [1.165, 1.54) is 31.4 Å². The Morgan fingerprint density at radius 1 is 1.30 bits per heavy atom. The van der Waals surface area contributed by atoms with Crippen molar-refractivity contribution in [1.29, 1.82) is 0 Å². The van der Waals surface area contributed by atoms with Crippen molar-refractivity contribution < 1.29 is 28.6 Å². The van der Waals surface area contributed by atoms with Gasteiger partial charge in [-0.05, 0) is 37.6 Å². The average molecular weight is 327 g/mol. The van der Waals surface area contributed by atoms with E-state index in [0.717, 1.165) is 0 Å². The summed E-state index contributed by atoms with van der Waals surface area (Å²) in [7, 11) is 1.45. The van der Waals surface area contributed by atoms with Crippen LogP contribution in [0.5, 0.6) is 5.75 Å². The van der Waals surface area contributed by atoms with Crippen molar-refractivity contribution >= 4 is 11.9 Å². The van der Waals surface area contributed by atoms with Crippen LogP contribution < -0.4 is 10.1 Å². The molecule has 1 rings (SSSR count). The van der Waals surface area contributed by atoms with Gasteiger partial charge in [-0.15, -0.1) is 0 Å². The molecular weight excluding hydrogens is 305 g/mol. The Morgan fingerprint density at radius 2 is 1.96 bits per heavy atom. The summed E-state index contributed by atoms with van der Waals surface area (Å²) < 4.78 is 23.1. The number of carbonyl (C=O) groups is 2. The van der Waals surface area contributed by atoms with E-state index in [0.29, 0.717) is 18.8 Å². The first-order valence-electron chi connectivity index (χ1n) is 7.25. The summed E-state index contributed by atoms with van der Waals surface area (Å²) in [5.74, 6) is -1.09. The SMILES string of the molecule is COC[C@@](C)(CC(=O)O)NC(=O)CCCOc1ccc(F)cc1. The first-order valence-corrected chi connectivity index (χ1v) is 7.25. The zero-order valence-corrected chi connectivity index (χ0v) is 13.3. The molecule has 0 saturated heterocycles. The number of hydrogen-bond acceptors (Lipinski definition) is 4. The van der Waals surface area contributed by atoms with E-state index in [-0.39, 0.29) is 31.2 Å². The van der Waals surface area contributed by atoms with E-state index in [4.69, 9.17) is 14.6 Å². The Balaban J connectivity index is 2.34. The Morgan fingerprint density at radius 3 is 2.52 bits per heavy atom. The number of rotatable bonds is 10. The Bertz CT molecular complexity index is 520. The summed E-state index contributed by atoms with van der Waals surface area (Å²) in [6.07, 6.45) is 0.429. The number of aliphatic carboxylic acids is 1. The molecule has 0 heterocycles. The van der Waals surface area contributed by atoms with Crippen LogP contribution in [-0.4, -0.2) is 42.8 Å². The highest BCUT2D eigenvalue weighted by Gasteiger charge is 2.29. The zero-order chi connectivity index (χ0) is 17.3. The number of ether oxygens (including phenoxy) is 2. The molecule has 0 aliphatic heterocycles. The van der Waals surface area contributed by atoms with Crippen LogP contribution in [0.4, 0.5) is 4.39 Å². The molecule has 0 fully saturated rings. The molecule has 0 spiro atoms. The van der Waals surface area contributed by atoms with Gasteiger partial charge in [0.15, 0.2) is 0 Å². The molecule has 0 saturated carbocycles. The van der Waals surface area contributed by atoms with Crippen molar-refractivity contribution in [3.8, 4) is 5.75 Å². The molecule has 0 radical (unpaired) electrons. The van der Waals surface area contributed by atoms with E-state index < -0.39 is 11.5 Å². The van der Waals surface area contributed by atoms with Crippen LogP contribution in [0.1, 0.15) is 26.2 Å². The van der Waals surface area contributed by atoms with Gasteiger partial charge in [-0.25, -0.2) is 4.39 Å². The Kier molecular flexibility index (Phi) is 7.47. The second-order valence-electron chi connectivity index (χ2n) is 5.52. The zero-order valence-electron chi connectivity index (χ0n) is 13.3. The predicted octanol–water partition coefficient (Wildman–Crippen LogP) is 1.98. The Labute approximate surface area is 134 Å². The number of nitrogens with one attached hydrogen (secondary N) is 1. The topological polar surface area (TPSA) is 84.9 Å². The van der Waals surface area contributed by atoms with Crippen molar-refractivity contribution in [2.75, 3.05) is 20.3 Å². The highest BCUT2D eigenvalue weighted by atomic mass is 19.1. The van der Waals surface area contributed by atoms with Gasteiger partial charge in [0.25, 0.3) is 0 Å². The van der Waals surface area contributed by atoms with Gasteiger partial charge in [-0.1, -0.05) is 0 Å². The number of methoxy groups -OCH3 is 1. The van der Waals surface area contributed by atoms with E-state index in [9.17, 15) is 14.0 Å².